The fraction of sp³-hybridized carbons (Fsp3) is 0.892. The number of carbonyl (C=O) groups excluding carboxylic acids is 2. The second kappa shape index (κ2) is 34.2. The Morgan fingerprint density at radius 3 is 1.52 bits per heavy atom. The first-order valence-electron chi connectivity index (χ1n) is 19.1. The number of hydrogen-bond donors (Lipinski definition) is 3. The van der Waals surface area contributed by atoms with Gasteiger partial charge in [0, 0.05) is 12.8 Å². The molecule has 48 heavy (non-hydrogen) atoms. The van der Waals surface area contributed by atoms with Gasteiger partial charge in [-0.1, -0.05) is 135 Å². The highest BCUT2D eigenvalue weighted by Crippen LogP contribution is 2.43. The van der Waals surface area contributed by atoms with Crippen LogP contribution in [0.5, 0.6) is 0 Å². The first kappa shape index (κ1) is 46.7. The summed E-state index contributed by atoms with van der Waals surface area (Å²) >= 11 is 0. The van der Waals surface area contributed by atoms with Crippen molar-refractivity contribution in [2.75, 3.05) is 26.4 Å². The molecule has 10 nitrogen and oxygen atoms in total. The van der Waals surface area contributed by atoms with Gasteiger partial charge in [-0.25, -0.2) is 4.57 Å². The summed E-state index contributed by atoms with van der Waals surface area (Å²) in [5.41, 5.74) is 0. The molecule has 0 amide bonds. The maximum absolute atomic E-state index is 12.5. The molecule has 0 spiro atoms. The smallest absolute Gasteiger partial charge is 0.462 e. The number of ether oxygens (including phenoxy) is 2. The van der Waals surface area contributed by atoms with E-state index in [1.165, 1.54) is 89.9 Å². The summed E-state index contributed by atoms with van der Waals surface area (Å²) < 4.78 is 32.5. The summed E-state index contributed by atoms with van der Waals surface area (Å²) in [6.07, 6.45) is 29.0. The monoisotopic (exact) mass is 706 g/mol. The van der Waals surface area contributed by atoms with E-state index in [1.54, 1.807) is 0 Å². The highest BCUT2D eigenvalue weighted by atomic mass is 31.2. The van der Waals surface area contributed by atoms with Gasteiger partial charge in [0.05, 0.1) is 19.8 Å². The van der Waals surface area contributed by atoms with Crippen molar-refractivity contribution < 1.29 is 47.8 Å². The molecule has 1 unspecified atom stereocenters. The van der Waals surface area contributed by atoms with Crippen molar-refractivity contribution in [3.05, 3.63) is 12.2 Å². The van der Waals surface area contributed by atoms with E-state index in [-0.39, 0.29) is 19.4 Å². The third kappa shape index (κ3) is 33.2. The van der Waals surface area contributed by atoms with E-state index in [4.69, 9.17) is 19.1 Å². The van der Waals surface area contributed by atoms with E-state index in [2.05, 4.69) is 30.5 Å². The summed E-state index contributed by atoms with van der Waals surface area (Å²) in [7, 11) is -4.61. The van der Waals surface area contributed by atoms with Crippen LogP contribution in [-0.4, -0.2) is 65.7 Å². The lowest BCUT2D eigenvalue weighted by molar-refractivity contribution is -0.161. The molecule has 0 heterocycles. The van der Waals surface area contributed by atoms with Crippen molar-refractivity contribution in [3.63, 3.8) is 0 Å². The van der Waals surface area contributed by atoms with Crippen LogP contribution in [0.25, 0.3) is 0 Å². The van der Waals surface area contributed by atoms with Crippen LogP contribution in [0.4, 0.5) is 0 Å². The lowest BCUT2D eigenvalue weighted by Crippen LogP contribution is -2.29. The molecule has 11 heteroatoms. The molecule has 284 valence electrons. The molecule has 0 rings (SSSR count). The number of rotatable bonds is 36. The molecule has 0 aliphatic carbocycles. The highest BCUT2D eigenvalue weighted by Gasteiger charge is 2.27. The van der Waals surface area contributed by atoms with Gasteiger partial charge in [0.1, 0.15) is 12.7 Å². The third-order valence-electron chi connectivity index (χ3n) is 8.17. The standard InChI is InChI=1S/C37H71O10P/c1-3-5-7-9-11-13-15-17-19-21-23-25-27-29-37(41)47-35(33-46-48(42,43)45-31-34(39)30-38)32-44-36(40)28-26-24-22-20-18-16-14-12-10-8-6-4-2/h17,19,34-35,38-39H,3-16,18,20-33H2,1-2H3,(H,42,43)/b19-17+/t34-,35+/m0/s1. The largest absolute Gasteiger partial charge is 0.472 e. The van der Waals surface area contributed by atoms with Crippen molar-refractivity contribution in [1.82, 2.24) is 0 Å². The molecule has 0 aromatic rings. The van der Waals surface area contributed by atoms with Crippen LogP contribution in [0.2, 0.25) is 0 Å². The average molecular weight is 707 g/mol. The van der Waals surface area contributed by atoms with Crippen LogP contribution in [-0.2, 0) is 32.7 Å². The fourth-order valence-corrected chi connectivity index (χ4v) is 5.95. The Kier molecular flexibility index (Phi) is 33.3. The number of esters is 2. The van der Waals surface area contributed by atoms with Crippen molar-refractivity contribution in [1.29, 1.82) is 0 Å². The zero-order chi connectivity index (χ0) is 35.6. The number of aliphatic hydroxyl groups is 2. The van der Waals surface area contributed by atoms with Gasteiger partial charge >= 0.3 is 19.8 Å². The van der Waals surface area contributed by atoms with Gasteiger partial charge in [-0.15, -0.1) is 0 Å². The minimum atomic E-state index is -4.61. The number of hydrogen-bond acceptors (Lipinski definition) is 9. The van der Waals surface area contributed by atoms with Gasteiger partial charge in [-0.3, -0.25) is 18.6 Å². The molecule has 3 N–H and O–H groups in total. The number of allylic oxidation sites excluding steroid dienone is 2. The minimum absolute atomic E-state index is 0.167. The molecule has 0 aromatic carbocycles. The summed E-state index contributed by atoms with van der Waals surface area (Å²) in [5.74, 6) is -0.939. The van der Waals surface area contributed by atoms with Crippen LogP contribution in [0.1, 0.15) is 174 Å². The summed E-state index contributed by atoms with van der Waals surface area (Å²) in [6.45, 7) is 2.34. The lowest BCUT2D eigenvalue weighted by atomic mass is 10.0. The SMILES string of the molecule is CCCCCCCC/C=C/CCCCCC(=O)O[C@H](COC(=O)CCCCCCCCCCCCCC)COP(=O)(O)OC[C@@H](O)CO. The van der Waals surface area contributed by atoms with Gasteiger partial charge in [-0.05, 0) is 38.5 Å². The number of phosphoric acid groups is 1. The van der Waals surface area contributed by atoms with Crippen molar-refractivity contribution in [2.24, 2.45) is 0 Å². The Bertz CT molecular complexity index is 822. The Morgan fingerprint density at radius 1 is 0.604 bits per heavy atom. The summed E-state index contributed by atoms with van der Waals surface area (Å²) in [6, 6.07) is 0. The predicted octanol–water partition coefficient (Wildman–Crippen LogP) is 9.28. The van der Waals surface area contributed by atoms with Crippen molar-refractivity contribution in [2.45, 2.75) is 187 Å². The topological polar surface area (TPSA) is 149 Å². The van der Waals surface area contributed by atoms with E-state index in [0.29, 0.717) is 12.8 Å². The van der Waals surface area contributed by atoms with Crippen molar-refractivity contribution >= 4 is 19.8 Å². The first-order chi connectivity index (χ1) is 23.2. The molecular weight excluding hydrogens is 635 g/mol. The quantitative estimate of drug-likeness (QED) is 0.0249. The van der Waals surface area contributed by atoms with Crippen LogP contribution in [0.15, 0.2) is 12.2 Å². The molecule has 0 saturated carbocycles. The van der Waals surface area contributed by atoms with Gasteiger partial charge in [0.2, 0.25) is 0 Å². The molecule has 0 fully saturated rings. The zero-order valence-corrected chi connectivity index (χ0v) is 31.4. The molecule has 0 aromatic heterocycles. The molecular formula is C37H71O10P. The zero-order valence-electron chi connectivity index (χ0n) is 30.5. The van der Waals surface area contributed by atoms with Gasteiger partial charge < -0.3 is 24.6 Å². The van der Waals surface area contributed by atoms with E-state index in [9.17, 15) is 24.2 Å². The Morgan fingerprint density at radius 2 is 1.02 bits per heavy atom. The Hall–Kier alpha value is -1.29. The Labute approximate surface area is 292 Å². The fourth-order valence-electron chi connectivity index (χ4n) is 5.16. The first-order valence-corrected chi connectivity index (χ1v) is 20.6. The average Bonchev–Trinajstić information content (AvgIpc) is 3.07. The normalized spacial score (nSPS) is 14.2. The highest BCUT2D eigenvalue weighted by molar-refractivity contribution is 7.47. The van der Waals surface area contributed by atoms with Gasteiger partial charge in [0.25, 0.3) is 0 Å². The molecule has 0 radical (unpaired) electrons. The molecule has 0 aliphatic heterocycles. The molecule has 3 atom stereocenters. The van der Waals surface area contributed by atoms with Crippen LogP contribution in [0, 0.1) is 0 Å². The van der Waals surface area contributed by atoms with Crippen LogP contribution in [0.3, 0.4) is 0 Å². The minimum Gasteiger partial charge on any atom is -0.462 e. The van der Waals surface area contributed by atoms with E-state index in [0.717, 1.165) is 44.9 Å². The number of phosphoric ester groups is 1. The molecule has 0 bridgehead atoms. The maximum atomic E-state index is 12.5. The maximum Gasteiger partial charge on any atom is 0.472 e. The van der Waals surface area contributed by atoms with Gasteiger partial charge in [0.15, 0.2) is 6.10 Å². The van der Waals surface area contributed by atoms with E-state index >= 15 is 0 Å². The summed E-state index contributed by atoms with van der Waals surface area (Å²) in [4.78, 5) is 34.8. The number of aliphatic hydroxyl groups excluding tert-OH is 2. The second-order valence-electron chi connectivity index (χ2n) is 13.0. The lowest BCUT2D eigenvalue weighted by Gasteiger charge is -2.20. The molecule has 0 saturated heterocycles. The van der Waals surface area contributed by atoms with Gasteiger partial charge in [-0.2, -0.15) is 0 Å². The third-order valence-corrected chi connectivity index (χ3v) is 9.12. The molecule has 0 aliphatic rings. The van der Waals surface area contributed by atoms with E-state index in [1.807, 2.05) is 0 Å². The number of carbonyl (C=O) groups is 2. The van der Waals surface area contributed by atoms with E-state index < -0.39 is 51.8 Å². The summed E-state index contributed by atoms with van der Waals surface area (Å²) in [5, 5.41) is 18.3. The second-order valence-corrected chi connectivity index (χ2v) is 14.4. The van der Waals surface area contributed by atoms with Crippen molar-refractivity contribution in [3.8, 4) is 0 Å². The Balaban J connectivity index is 4.38. The predicted molar refractivity (Wildman–Crippen MR) is 192 cm³/mol. The number of unbranched alkanes of at least 4 members (excludes halogenated alkanes) is 20. The van der Waals surface area contributed by atoms with Crippen LogP contribution < -0.4 is 0 Å². The van der Waals surface area contributed by atoms with Crippen LogP contribution >= 0.6 is 7.82 Å².